The summed E-state index contributed by atoms with van der Waals surface area (Å²) in [5.41, 5.74) is 3.11. The predicted octanol–water partition coefficient (Wildman–Crippen LogP) is 4.38. The van der Waals surface area contributed by atoms with Gasteiger partial charge in [-0.25, -0.2) is 9.47 Å². The van der Waals surface area contributed by atoms with Crippen LogP contribution in [0.5, 0.6) is 0 Å². The van der Waals surface area contributed by atoms with Gasteiger partial charge in [-0.2, -0.15) is 0 Å². The zero-order chi connectivity index (χ0) is 19.7. The molecular formula is C20H17BrN4O2S. The normalized spacial score (nSPS) is 11.2. The number of thioether (sulfide) groups is 1. The molecule has 4 rings (SSSR count). The molecule has 0 aliphatic carbocycles. The first-order valence-corrected chi connectivity index (χ1v) is 10.5. The van der Waals surface area contributed by atoms with Crippen molar-refractivity contribution in [2.75, 3.05) is 5.84 Å². The third-order valence-electron chi connectivity index (χ3n) is 4.44. The minimum atomic E-state index is -0.362. The zero-order valence-electron chi connectivity index (χ0n) is 15.1. The van der Waals surface area contributed by atoms with Gasteiger partial charge in [0.15, 0.2) is 5.82 Å². The van der Waals surface area contributed by atoms with Crippen LogP contribution in [-0.4, -0.2) is 14.9 Å². The fraction of sp³-hybridized carbons (Fsp3) is 0.150. The van der Waals surface area contributed by atoms with Crippen LogP contribution in [0.2, 0.25) is 0 Å². The van der Waals surface area contributed by atoms with Crippen molar-refractivity contribution >= 4 is 38.7 Å². The molecule has 0 spiro atoms. The monoisotopic (exact) mass is 456 g/mol. The summed E-state index contributed by atoms with van der Waals surface area (Å²) >= 11 is 4.93. The second kappa shape index (κ2) is 7.81. The van der Waals surface area contributed by atoms with Crippen molar-refractivity contribution in [2.24, 2.45) is 0 Å². The Hall–Kier alpha value is -2.58. The third kappa shape index (κ3) is 3.57. The van der Waals surface area contributed by atoms with Crippen LogP contribution >= 0.6 is 27.7 Å². The molecule has 0 fully saturated rings. The summed E-state index contributed by atoms with van der Waals surface area (Å²) in [6, 6.07) is 15.2. The number of aryl methyl sites for hydroxylation is 1. The number of benzene rings is 2. The van der Waals surface area contributed by atoms with Crippen molar-refractivity contribution in [3.05, 3.63) is 74.6 Å². The van der Waals surface area contributed by atoms with Gasteiger partial charge in [0.2, 0.25) is 5.16 Å². The van der Waals surface area contributed by atoms with E-state index in [1.54, 1.807) is 0 Å². The highest BCUT2D eigenvalue weighted by Crippen LogP contribution is 2.30. The Kier molecular flexibility index (Phi) is 5.23. The lowest BCUT2D eigenvalue weighted by molar-refractivity contribution is 0.559. The highest BCUT2D eigenvalue weighted by atomic mass is 79.9. The average Bonchev–Trinajstić information content (AvgIpc) is 3.06. The van der Waals surface area contributed by atoms with E-state index in [0.29, 0.717) is 22.3 Å². The molecule has 2 heterocycles. The fourth-order valence-electron chi connectivity index (χ4n) is 2.96. The summed E-state index contributed by atoms with van der Waals surface area (Å²) < 4.78 is 7.73. The smallest absolute Gasteiger partial charge is 0.336 e. The Morgan fingerprint density at radius 2 is 2.00 bits per heavy atom. The third-order valence-corrected chi connectivity index (χ3v) is 6.12. The first-order chi connectivity index (χ1) is 13.6. The highest BCUT2D eigenvalue weighted by Gasteiger charge is 2.15. The molecule has 8 heteroatoms. The molecule has 0 saturated carbocycles. The van der Waals surface area contributed by atoms with Crippen LogP contribution in [0.4, 0.5) is 0 Å². The number of nitrogen functional groups attached to an aromatic ring is 1. The van der Waals surface area contributed by atoms with E-state index < -0.39 is 0 Å². The van der Waals surface area contributed by atoms with Crippen molar-refractivity contribution in [3.8, 4) is 11.4 Å². The lowest BCUT2D eigenvalue weighted by Crippen LogP contribution is -2.11. The molecule has 4 aromatic rings. The van der Waals surface area contributed by atoms with Crippen molar-refractivity contribution in [1.82, 2.24) is 14.9 Å². The van der Waals surface area contributed by atoms with Gasteiger partial charge >= 0.3 is 5.63 Å². The molecule has 0 aliphatic heterocycles. The number of hydrogen-bond acceptors (Lipinski definition) is 6. The first-order valence-electron chi connectivity index (χ1n) is 8.70. The highest BCUT2D eigenvalue weighted by molar-refractivity contribution is 9.10. The summed E-state index contributed by atoms with van der Waals surface area (Å²) in [5, 5.41) is 9.91. The molecule has 0 amide bonds. The van der Waals surface area contributed by atoms with E-state index in [-0.39, 0.29) is 5.63 Å². The van der Waals surface area contributed by atoms with Crippen LogP contribution in [-0.2, 0) is 12.2 Å². The van der Waals surface area contributed by atoms with Gasteiger partial charge < -0.3 is 10.3 Å². The fourth-order valence-corrected chi connectivity index (χ4v) is 4.27. The van der Waals surface area contributed by atoms with Gasteiger partial charge in [0.25, 0.3) is 0 Å². The zero-order valence-corrected chi connectivity index (χ0v) is 17.5. The predicted molar refractivity (Wildman–Crippen MR) is 115 cm³/mol. The molecule has 6 nitrogen and oxygen atoms in total. The molecule has 28 heavy (non-hydrogen) atoms. The largest absolute Gasteiger partial charge is 0.423 e. The van der Waals surface area contributed by atoms with E-state index >= 15 is 0 Å². The van der Waals surface area contributed by atoms with Crippen LogP contribution < -0.4 is 11.5 Å². The Balaban J connectivity index is 1.64. The van der Waals surface area contributed by atoms with Crippen molar-refractivity contribution in [3.63, 3.8) is 0 Å². The van der Waals surface area contributed by atoms with E-state index in [9.17, 15) is 4.79 Å². The number of nitrogens with two attached hydrogens (primary N) is 1. The van der Waals surface area contributed by atoms with E-state index in [1.165, 1.54) is 22.5 Å². The standard InChI is InChI=1S/C20H17BrN4O2S/c1-2-12-7-8-14-13(10-18(26)27-17(14)9-12)11-28-20-24-23-19(25(20)22)15-5-3-4-6-16(15)21/h3-10H,2,11,22H2,1H3. The van der Waals surface area contributed by atoms with Gasteiger partial charge in [-0.05, 0) is 35.7 Å². The first kappa shape index (κ1) is 18.8. The lowest BCUT2D eigenvalue weighted by Gasteiger charge is -2.07. The minimum absolute atomic E-state index is 0.362. The van der Waals surface area contributed by atoms with E-state index in [4.69, 9.17) is 10.3 Å². The molecule has 142 valence electrons. The van der Waals surface area contributed by atoms with Crippen LogP contribution in [0.1, 0.15) is 18.1 Å². The van der Waals surface area contributed by atoms with Crippen LogP contribution in [0.3, 0.4) is 0 Å². The number of aromatic nitrogens is 3. The maximum absolute atomic E-state index is 12.0. The Labute approximate surface area is 173 Å². The summed E-state index contributed by atoms with van der Waals surface area (Å²) in [6.45, 7) is 2.07. The molecule has 0 radical (unpaired) electrons. The summed E-state index contributed by atoms with van der Waals surface area (Å²) in [4.78, 5) is 12.0. The van der Waals surface area contributed by atoms with Crippen molar-refractivity contribution < 1.29 is 4.42 Å². The molecule has 2 aromatic carbocycles. The second-order valence-corrected chi connectivity index (χ2v) is 8.02. The number of hydrogen-bond donors (Lipinski definition) is 1. The van der Waals surface area contributed by atoms with Crippen LogP contribution in [0.25, 0.3) is 22.4 Å². The number of halogens is 1. The molecular weight excluding hydrogens is 440 g/mol. The maximum atomic E-state index is 12.0. The molecule has 2 aromatic heterocycles. The van der Waals surface area contributed by atoms with Gasteiger partial charge in [0, 0.05) is 27.2 Å². The topological polar surface area (TPSA) is 86.9 Å². The molecule has 0 atom stereocenters. The van der Waals surface area contributed by atoms with Crippen molar-refractivity contribution in [2.45, 2.75) is 24.3 Å². The summed E-state index contributed by atoms with van der Waals surface area (Å²) in [6.07, 6.45) is 0.882. The summed E-state index contributed by atoms with van der Waals surface area (Å²) in [5.74, 6) is 7.31. The Bertz CT molecular complexity index is 1220. The van der Waals surface area contributed by atoms with Crippen molar-refractivity contribution in [1.29, 1.82) is 0 Å². The average molecular weight is 457 g/mol. The Morgan fingerprint density at radius 1 is 1.18 bits per heavy atom. The molecule has 0 unspecified atom stereocenters. The lowest BCUT2D eigenvalue weighted by atomic mass is 10.1. The second-order valence-electron chi connectivity index (χ2n) is 6.22. The maximum Gasteiger partial charge on any atom is 0.336 e. The van der Waals surface area contributed by atoms with E-state index in [0.717, 1.165) is 33.0 Å². The van der Waals surface area contributed by atoms with Gasteiger partial charge in [-0.1, -0.05) is 58.9 Å². The van der Waals surface area contributed by atoms with Crippen LogP contribution in [0.15, 0.2) is 67.4 Å². The quantitative estimate of drug-likeness (QED) is 0.272. The van der Waals surface area contributed by atoms with Crippen LogP contribution in [0, 0.1) is 0 Å². The molecule has 0 aliphatic rings. The Morgan fingerprint density at radius 3 is 2.79 bits per heavy atom. The van der Waals surface area contributed by atoms with E-state index in [1.807, 2.05) is 42.5 Å². The van der Waals surface area contributed by atoms with Gasteiger partial charge in [0.1, 0.15) is 5.58 Å². The molecule has 0 bridgehead atoms. The molecule has 0 saturated heterocycles. The molecule has 2 N–H and O–H groups in total. The SMILES string of the molecule is CCc1ccc2c(CSc3nnc(-c4ccccc4Br)n3N)cc(=O)oc2c1. The number of rotatable bonds is 5. The minimum Gasteiger partial charge on any atom is -0.423 e. The van der Waals surface area contributed by atoms with E-state index in [2.05, 4.69) is 33.1 Å². The van der Waals surface area contributed by atoms with Gasteiger partial charge in [-0.15, -0.1) is 10.2 Å². The number of nitrogens with zero attached hydrogens (tertiary/aromatic N) is 3. The van der Waals surface area contributed by atoms with Gasteiger partial charge in [0.05, 0.1) is 0 Å². The number of fused-ring (bicyclic) bond motifs is 1. The summed E-state index contributed by atoms with van der Waals surface area (Å²) in [7, 11) is 0. The van der Waals surface area contributed by atoms with Gasteiger partial charge in [-0.3, -0.25) is 0 Å².